The Balaban J connectivity index is 3.05. The fourth-order valence-corrected chi connectivity index (χ4v) is 0.227. The summed E-state index contributed by atoms with van der Waals surface area (Å²) in [6.07, 6.45) is 0.0926. The number of carbonyl (C=O) groups is 1. The number of rotatable bonds is 2. The van der Waals surface area contributed by atoms with E-state index in [-0.39, 0.29) is 6.42 Å². The predicted octanol–water partition coefficient (Wildman–Crippen LogP) is 0.186. The minimum absolute atomic E-state index is 0.0926. The minimum Gasteiger partial charge on any atom is -0.273 e. The van der Waals surface area contributed by atoms with Gasteiger partial charge in [0.2, 0.25) is 5.91 Å². The molecule has 0 aliphatic rings. The highest BCUT2D eigenvalue weighted by atomic mass is 32.1. The van der Waals surface area contributed by atoms with Crippen molar-refractivity contribution >= 4 is 23.5 Å². The Bertz CT molecular complexity index is 71.2. The molecule has 0 atom stereocenters. The van der Waals surface area contributed by atoms with Crippen LogP contribution in [0.3, 0.4) is 0 Å². The predicted molar refractivity (Wildman–Crippen MR) is 26.4 cm³/mol. The smallest absolute Gasteiger partial charge is 0.243 e. The summed E-state index contributed by atoms with van der Waals surface area (Å²) in [6.45, 7) is 0. The summed E-state index contributed by atoms with van der Waals surface area (Å²) < 4.78 is 0. The van der Waals surface area contributed by atoms with Crippen LogP contribution in [0.15, 0.2) is 0 Å². The van der Waals surface area contributed by atoms with Crippen molar-refractivity contribution < 1.29 is 4.79 Å². The van der Waals surface area contributed by atoms with Crippen molar-refractivity contribution in [2.45, 2.75) is 6.42 Å². The fraction of sp³-hybridized carbons (Fsp3) is 0.333. The Morgan fingerprint density at radius 3 is 2.50 bits per heavy atom. The third kappa shape index (κ3) is 3.56. The molecule has 0 bridgehead atoms. The lowest BCUT2D eigenvalue weighted by Gasteiger charge is -1.72. The van der Waals surface area contributed by atoms with Gasteiger partial charge in [0, 0.05) is 0 Å². The van der Waals surface area contributed by atoms with Gasteiger partial charge < -0.3 is 0 Å². The van der Waals surface area contributed by atoms with Gasteiger partial charge in [-0.2, -0.15) is 0 Å². The summed E-state index contributed by atoms with van der Waals surface area (Å²) in [4.78, 5) is 9.61. The van der Waals surface area contributed by atoms with Crippen LogP contribution in [0.2, 0.25) is 0 Å². The van der Waals surface area contributed by atoms with Gasteiger partial charge in [-0.1, -0.05) is 12.2 Å². The van der Waals surface area contributed by atoms with Crippen LogP contribution in [0.5, 0.6) is 0 Å². The quantitative estimate of drug-likeness (QED) is 0.467. The van der Waals surface area contributed by atoms with Gasteiger partial charge >= 0.3 is 0 Å². The first-order valence-electron chi connectivity index (χ1n) is 1.45. The van der Waals surface area contributed by atoms with Crippen molar-refractivity contribution in [1.29, 1.82) is 0 Å². The molecule has 0 aromatic rings. The van der Waals surface area contributed by atoms with Crippen LogP contribution in [-0.4, -0.2) is 11.3 Å². The molecule has 0 heterocycles. The van der Waals surface area contributed by atoms with Crippen LogP contribution in [0.25, 0.3) is 0 Å². The lowest BCUT2D eigenvalue weighted by Crippen LogP contribution is -1.95. The molecule has 33 valence electrons. The van der Waals surface area contributed by atoms with Gasteiger partial charge in [0.05, 0.1) is 6.42 Å². The van der Waals surface area contributed by atoms with Crippen LogP contribution >= 0.6 is 12.2 Å². The molecule has 0 rings (SSSR count). The molecule has 0 fully saturated rings. The Hall–Kier alpha value is -0.440. The molecule has 1 N–H and O–H groups in total. The molecule has 6 heavy (non-hydrogen) atoms. The molecule has 1 amide bonds. The Kier molecular flexibility index (Phi) is 2.58. The van der Waals surface area contributed by atoms with Crippen molar-refractivity contribution in [3.63, 3.8) is 0 Å². The third-order valence-electron chi connectivity index (χ3n) is 0.269. The van der Waals surface area contributed by atoms with Crippen LogP contribution < -0.4 is 5.73 Å². The average Bonchev–Trinajstić information content (AvgIpc) is 1.35. The van der Waals surface area contributed by atoms with Crippen molar-refractivity contribution in [1.82, 2.24) is 5.73 Å². The molecule has 0 aromatic heterocycles. The van der Waals surface area contributed by atoms with E-state index in [9.17, 15) is 4.79 Å². The molecule has 3 heteroatoms. The molecule has 1 radical (unpaired) electrons. The molecule has 0 spiro atoms. The molecule has 0 saturated heterocycles. The van der Waals surface area contributed by atoms with Gasteiger partial charge in [0.15, 0.2) is 0 Å². The van der Waals surface area contributed by atoms with Crippen LogP contribution in [-0.2, 0) is 4.79 Å². The molecule has 2 nitrogen and oxygen atoms in total. The highest BCUT2D eigenvalue weighted by Gasteiger charge is 1.83. The normalized spacial score (nSPS) is 7.33. The largest absolute Gasteiger partial charge is 0.273 e. The lowest BCUT2D eigenvalue weighted by molar-refractivity contribution is -0.117. The van der Waals surface area contributed by atoms with E-state index < -0.39 is 5.91 Å². The van der Waals surface area contributed by atoms with E-state index in [1.165, 1.54) is 5.37 Å². The van der Waals surface area contributed by atoms with Gasteiger partial charge in [0.1, 0.15) is 0 Å². The van der Waals surface area contributed by atoms with E-state index in [0.29, 0.717) is 0 Å². The zero-order valence-electron chi connectivity index (χ0n) is 3.10. The van der Waals surface area contributed by atoms with E-state index in [0.717, 1.165) is 0 Å². The van der Waals surface area contributed by atoms with Crippen LogP contribution in [0, 0.1) is 0 Å². The Labute approximate surface area is 41.3 Å². The van der Waals surface area contributed by atoms with Gasteiger partial charge in [-0.05, 0) is 5.37 Å². The maximum atomic E-state index is 9.61. The summed E-state index contributed by atoms with van der Waals surface area (Å²) in [5.74, 6) is -0.620. The highest BCUT2D eigenvalue weighted by molar-refractivity contribution is 7.79. The van der Waals surface area contributed by atoms with Crippen molar-refractivity contribution in [2.75, 3.05) is 0 Å². The van der Waals surface area contributed by atoms with E-state index in [1.54, 1.807) is 0 Å². The molecule has 0 aliphatic heterocycles. The van der Waals surface area contributed by atoms with E-state index in [1.807, 2.05) is 0 Å². The molecular formula is C3H4NOS. The second kappa shape index (κ2) is 2.78. The molecule has 0 unspecified atom stereocenters. The van der Waals surface area contributed by atoms with Gasteiger partial charge in [-0.15, -0.1) is 0 Å². The van der Waals surface area contributed by atoms with Crippen LogP contribution in [0.1, 0.15) is 6.42 Å². The topological polar surface area (TPSA) is 40.9 Å². The molecule has 0 aliphatic carbocycles. The molecular weight excluding hydrogens is 98.1 g/mol. The highest BCUT2D eigenvalue weighted by Crippen LogP contribution is 1.67. The number of amides is 1. The van der Waals surface area contributed by atoms with Crippen LogP contribution in [0.4, 0.5) is 0 Å². The van der Waals surface area contributed by atoms with E-state index >= 15 is 0 Å². The number of hydrogen-bond donors (Lipinski definition) is 0. The number of nitrogens with one attached hydrogen (secondary N) is 1. The zero-order chi connectivity index (χ0) is 4.99. The minimum atomic E-state index is -0.620. The first kappa shape index (κ1) is 5.56. The van der Waals surface area contributed by atoms with Crippen molar-refractivity contribution in [3.8, 4) is 0 Å². The maximum absolute atomic E-state index is 9.61. The third-order valence-corrected chi connectivity index (χ3v) is 0.435. The number of carbonyl (C=O) groups excluding carboxylic acids is 1. The Morgan fingerprint density at radius 1 is 2.00 bits per heavy atom. The molecule has 0 aromatic carbocycles. The van der Waals surface area contributed by atoms with E-state index in [4.69, 9.17) is 5.73 Å². The first-order chi connectivity index (χ1) is 2.77. The number of thiocarbonyl (C=S) groups is 1. The van der Waals surface area contributed by atoms with Crippen molar-refractivity contribution in [2.24, 2.45) is 0 Å². The Morgan fingerprint density at radius 2 is 2.50 bits per heavy atom. The van der Waals surface area contributed by atoms with E-state index in [2.05, 4.69) is 12.2 Å². The van der Waals surface area contributed by atoms with Gasteiger partial charge in [-0.25, -0.2) is 0 Å². The summed E-state index contributed by atoms with van der Waals surface area (Å²) in [6, 6.07) is 0. The second-order valence-electron chi connectivity index (χ2n) is 0.794. The van der Waals surface area contributed by atoms with Gasteiger partial charge in [-0.3, -0.25) is 10.5 Å². The maximum Gasteiger partial charge on any atom is 0.243 e. The fourth-order valence-electron chi connectivity index (χ4n) is 0.0757. The summed E-state index contributed by atoms with van der Waals surface area (Å²) in [5.41, 5.74) is 6.24. The lowest BCUT2D eigenvalue weighted by atomic mass is 10.5. The van der Waals surface area contributed by atoms with Crippen molar-refractivity contribution in [3.05, 3.63) is 0 Å². The summed E-state index contributed by atoms with van der Waals surface area (Å²) in [5, 5.41) is 1.25. The van der Waals surface area contributed by atoms with Gasteiger partial charge in [0.25, 0.3) is 0 Å². The molecule has 0 saturated carbocycles. The summed E-state index contributed by atoms with van der Waals surface area (Å²) in [7, 11) is 0. The number of hydrogen-bond acceptors (Lipinski definition) is 2. The standard InChI is InChI=1S/C3H4NOS/c4-3(5)1-2-6/h2,4H,1H2. The average molecular weight is 102 g/mol. The second-order valence-corrected chi connectivity index (χ2v) is 1.13. The zero-order valence-corrected chi connectivity index (χ0v) is 3.92. The SMILES string of the molecule is [NH]C(=O)CC=S. The monoisotopic (exact) mass is 102 g/mol. The first-order valence-corrected chi connectivity index (χ1v) is 1.92. The summed E-state index contributed by atoms with van der Waals surface area (Å²) >= 11 is 4.26.